The van der Waals surface area contributed by atoms with Gasteiger partial charge in [0.2, 0.25) is 0 Å². The first kappa shape index (κ1) is 14.1. The van der Waals surface area contributed by atoms with Gasteiger partial charge in [0.25, 0.3) is 0 Å². The monoisotopic (exact) mass is 189 g/mol. The van der Waals surface area contributed by atoms with Crippen molar-refractivity contribution in [3.05, 3.63) is 0 Å². The van der Waals surface area contributed by atoms with Gasteiger partial charge in [-0.1, -0.05) is 0 Å². The summed E-state index contributed by atoms with van der Waals surface area (Å²) in [6, 6.07) is -0.844. The van der Waals surface area contributed by atoms with Crippen LogP contribution in [0, 0.1) is 0 Å². The zero-order valence-corrected chi connectivity index (χ0v) is 9.00. The summed E-state index contributed by atoms with van der Waals surface area (Å²) in [6.45, 7) is 0. The van der Waals surface area contributed by atoms with Gasteiger partial charge in [0.15, 0.2) is 0 Å². The van der Waals surface area contributed by atoms with Crippen LogP contribution in [0.2, 0.25) is 0 Å². The topological polar surface area (TPSA) is 100 Å². The maximum atomic E-state index is 9.92. The van der Waals surface area contributed by atoms with Crippen molar-refractivity contribution in [3.63, 3.8) is 0 Å². The first-order valence-electron chi connectivity index (χ1n) is 2.60. The molecule has 0 saturated heterocycles. The number of nitrogens with two attached hydrogens (primary N) is 1. The molecule has 0 saturated carbocycles. The molecule has 0 aromatic heterocycles. The molecule has 0 rings (SSSR count). The molecule has 0 aliphatic rings. The van der Waals surface area contributed by atoms with Crippen molar-refractivity contribution < 1.29 is 47.3 Å². The van der Waals surface area contributed by atoms with Crippen LogP contribution in [-0.2, 0) is 14.9 Å². The van der Waals surface area contributed by atoms with Crippen LogP contribution < -0.4 is 35.3 Å². The van der Waals surface area contributed by atoms with Crippen LogP contribution in [0.3, 0.4) is 0 Å². The molecule has 1 atom stereocenters. The molecule has 0 radical (unpaired) electrons. The summed E-state index contributed by atoms with van der Waals surface area (Å²) in [5.74, 6) is -0.576. The van der Waals surface area contributed by atoms with Crippen LogP contribution in [0.15, 0.2) is 0 Å². The van der Waals surface area contributed by atoms with E-state index < -0.39 is 21.9 Å². The molecular weight excluding hydrogens is 181 g/mol. The minimum Gasteiger partial charge on any atom is -0.748 e. The van der Waals surface area contributed by atoms with E-state index in [0.717, 1.165) is 0 Å². The number of hydrogen-bond donors (Lipinski definition) is 1. The number of hydrogen-bond acceptors (Lipinski definition) is 5. The average Bonchev–Trinajstić information content (AvgIpc) is 1.81. The Bertz CT molecular complexity index is 202. The molecule has 1 unspecified atom stereocenters. The number of aldehydes is 1. The zero-order chi connectivity index (χ0) is 8.20. The molecule has 2 N–H and O–H groups in total. The normalized spacial score (nSPS) is 13.3. The minimum absolute atomic E-state index is 0. The summed E-state index contributed by atoms with van der Waals surface area (Å²) in [5, 5.41) is 0. The SMILES string of the molecule is NC(C=O)CCS(=O)(=O)[O-].[Na+]. The first-order chi connectivity index (χ1) is 4.45. The van der Waals surface area contributed by atoms with E-state index in [-0.39, 0.29) is 36.0 Å². The molecule has 0 heterocycles. The number of carbonyl (C=O) groups excluding carboxylic acids is 1. The predicted octanol–water partition coefficient (Wildman–Crippen LogP) is -4.55. The van der Waals surface area contributed by atoms with Gasteiger partial charge in [0.1, 0.15) is 6.29 Å². The second kappa shape index (κ2) is 6.10. The predicted molar refractivity (Wildman–Crippen MR) is 33.2 cm³/mol. The van der Waals surface area contributed by atoms with E-state index in [9.17, 15) is 17.8 Å². The van der Waals surface area contributed by atoms with Gasteiger partial charge < -0.3 is 15.1 Å². The van der Waals surface area contributed by atoms with Crippen molar-refractivity contribution >= 4 is 16.4 Å². The van der Waals surface area contributed by atoms with Crippen molar-refractivity contribution in [2.75, 3.05) is 5.75 Å². The third-order valence-electron chi connectivity index (χ3n) is 0.876. The van der Waals surface area contributed by atoms with Gasteiger partial charge in [-0.3, -0.25) is 0 Å². The third kappa shape index (κ3) is 10.5. The van der Waals surface area contributed by atoms with Crippen LogP contribution in [0.4, 0.5) is 0 Å². The molecule has 7 heteroatoms. The van der Waals surface area contributed by atoms with E-state index in [0.29, 0.717) is 6.29 Å². The number of carbonyl (C=O) groups is 1. The fourth-order valence-electron chi connectivity index (χ4n) is 0.348. The Labute approximate surface area is 87.4 Å². The maximum Gasteiger partial charge on any atom is 1.00 e. The average molecular weight is 189 g/mol. The Balaban J connectivity index is 0. The molecular formula is C4H8NNaO4S. The van der Waals surface area contributed by atoms with Crippen molar-refractivity contribution in [1.29, 1.82) is 0 Å². The second-order valence-electron chi connectivity index (χ2n) is 1.85. The van der Waals surface area contributed by atoms with Crippen LogP contribution in [0.1, 0.15) is 6.42 Å². The summed E-state index contributed by atoms with van der Waals surface area (Å²) in [4.78, 5) is 9.80. The van der Waals surface area contributed by atoms with Gasteiger partial charge in [-0.05, 0) is 6.42 Å². The quantitative estimate of drug-likeness (QED) is 0.273. The summed E-state index contributed by atoms with van der Waals surface area (Å²) in [7, 11) is -4.22. The summed E-state index contributed by atoms with van der Waals surface area (Å²) in [5.41, 5.74) is 5.01. The van der Waals surface area contributed by atoms with Crippen LogP contribution in [0.5, 0.6) is 0 Å². The molecule has 0 aromatic rings. The van der Waals surface area contributed by atoms with Crippen LogP contribution in [0.25, 0.3) is 0 Å². The Morgan fingerprint density at radius 2 is 2.00 bits per heavy atom. The zero-order valence-electron chi connectivity index (χ0n) is 6.19. The van der Waals surface area contributed by atoms with E-state index in [2.05, 4.69) is 0 Å². The van der Waals surface area contributed by atoms with Crippen molar-refractivity contribution in [1.82, 2.24) is 0 Å². The molecule has 0 amide bonds. The molecule has 0 aliphatic carbocycles. The molecule has 0 spiro atoms. The van der Waals surface area contributed by atoms with Crippen molar-refractivity contribution in [2.24, 2.45) is 5.73 Å². The first-order valence-corrected chi connectivity index (χ1v) is 4.18. The van der Waals surface area contributed by atoms with Crippen molar-refractivity contribution in [3.8, 4) is 0 Å². The Morgan fingerprint density at radius 3 is 2.27 bits per heavy atom. The Kier molecular flexibility index (Phi) is 7.81. The van der Waals surface area contributed by atoms with Gasteiger partial charge >= 0.3 is 29.6 Å². The summed E-state index contributed by atoms with van der Waals surface area (Å²) >= 11 is 0. The van der Waals surface area contributed by atoms with Gasteiger partial charge in [-0.2, -0.15) is 0 Å². The van der Waals surface area contributed by atoms with Gasteiger partial charge in [0.05, 0.1) is 16.2 Å². The van der Waals surface area contributed by atoms with Crippen molar-refractivity contribution in [2.45, 2.75) is 12.5 Å². The largest absolute Gasteiger partial charge is 1.00 e. The molecule has 0 bridgehead atoms. The molecule has 60 valence electrons. The molecule has 0 fully saturated rings. The summed E-state index contributed by atoms with van der Waals surface area (Å²) in [6.07, 6.45) is 0.306. The summed E-state index contributed by atoms with van der Waals surface area (Å²) < 4.78 is 29.8. The molecule has 5 nitrogen and oxygen atoms in total. The second-order valence-corrected chi connectivity index (χ2v) is 3.37. The van der Waals surface area contributed by atoms with Gasteiger partial charge in [-0.15, -0.1) is 0 Å². The Hall–Kier alpha value is 0.540. The van der Waals surface area contributed by atoms with E-state index in [1.165, 1.54) is 0 Å². The number of rotatable bonds is 4. The van der Waals surface area contributed by atoms with Crippen LogP contribution in [-0.4, -0.2) is 31.1 Å². The smallest absolute Gasteiger partial charge is 0.748 e. The Morgan fingerprint density at radius 1 is 1.55 bits per heavy atom. The van der Waals surface area contributed by atoms with Crippen LogP contribution >= 0.6 is 0 Å². The van der Waals surface area contributed by atoms with E-state index in [4.69, 9.17) is 5.73 Å². The molecule has 11 heavy (non-hydrogen) atoms. The minimum atomic E-state index is -4.22. The fraction of sp³-hybridized carbons (Fsp3) is 0.750. The molecule has 0 aliphatic heterocycles. The third-order valence-corrected chi connectivity index (χ3v) is 1.61. The van der Waals surface area contributed by atoms with Gasteiger partial charge in [-0.25, -0.2) is 8.42 Å². The van der Waals surface area contributed by atoms with Gasteiger partial charge in [0, 0.05) is 5.75 Å². The molecule has 0 aromatic carbocycles. The fourth-order valence-corrected chi connectivity index (χ4v) is 0.909. The van der Waals surface area contributed by atoms with E-state index in [1.54, 1.807) is 0 Å². The standard InChI is InChI=1S/C4H9NO4S.Na/c5-4(3-6)1-2-10(7,8)9;/h3-4H,1-2,5H2,(H,7,8,9);/q;+1/p-1. The van der Waals surface area contributed by atoms with E-state index in [1.807, 2.05) is 0 Å². The maximum absolute atomic E-state index is 9.92. The van der Waals surface area contributed by atoms with E-state index >= 15 is 0 Å².